The van der Waals surface area contributed by atoms with E-state index in [0.29, 0.717) is 46.1 Å². The maximum absolute atomic E-state index is 13.1. The van der Waals surface area contributed by atoms with Crippen LogP contribution in [0, 0.1) is 11.8 Å². The Morgan fingerprint density at radius 1 is 0.829 bits per heavy atom. The molecular weight excluding hydrogens is 451 g/mol. The summed E-state index contributed by atoms with van der Waals surface area (Å²) in [6.07, 6.45) is 0.182. The number of halogens is 1. The Morgan fingerprint density at radius 3 is 2.23 bits per heavy atom. The molecule has 0 radical (unpaired) electrons. The Kier molecular flexibility index (Phi) is 11.2. The molecule has 35 heavy (non-hydrogen) atoms. The van der Waals surface area contributed by atoms with Gasteiger partial charge in [-0.2, -0.15) is 0 Å². The summed E-state index contributed by atoms with van der Waals surface area (Å²) in [7, 11) is 0. The summed E-state index contributed by atoms with van der Waals surface area (Å²) in [6, 6.07) is 15.3. The summed E-state index contributed by atoms with van der Waals surface area (Å²) >= 11 is 0. The topological polar surface area (TPSA) is 77.1 Å². The second-order valence-corrected chi connectivity index (χ2v) is 7.78. The van der Waals surface area contributed by atoms with E-state index in [1.165, 1.54) is 0 Å². The van der Waals surface area contributed by atoms with Crippen molar-refractivity contribution in [3.63, 3.8) is 0 Å². The molecule has 0 spiro atoms. The van der Waals surface area contributed by atoms with Gasteiger partial charge in [-0.05, 0) is 23.8 Å². The molecule has 1 N–H and O–H groups in total. The molecule has 2 aromatic carbocycles. The number of carbonyl (C=O) groups excluding carboxylic acids is 2. The first-order valence-electron chi connectivity index (χ1n) is 11.7. The van der Waals surface area contributed by atoms with Crippen molar-refractivity contribution in [1.29, 1.82) is 0 Å². The number of benzene rings is 2. The first-order chi connectivity index (χ1) is 17.2. The SMILES string of the molecule is O=C(CCC(=O)N1Cc2ccccc2C#Cc2ccccc21)NCCOCCOCCOCCF. The van der Waals surface area contributed by atoms with Crippen molar-refractivity contribution in [2.45, 2.75) is 19.4 Å². The van der Waals surface area contributed by atoms with E-state index >= 15 is 0 Å². The number of nitrogens with one attached hydrogen (secondary N) is 1. The molecule has 2 amide bonds. The molecule has 7 nitrogen and oxygen atoms in total. The van der Waals surface area contributed by atoms with Crippen molar-refractivity contribution in [1.82, 2.24) is 5.32 Å². The van der Waals surface area contributed by atoms with Crippen LogP contribution in [0.1, 0.15) is 29.5 Å². The molecule has 1 heterocycles. The summed E-state index contributed by atoms with van der Waals surface area (Å²) in [5.74, 6) is 6.03. The fraction of sp³-hybridized carbons (Fsp3) is 0.407. The van der Waals surface area contributed by atoms with Crippen LogP contribution in [0.25, 0.3) is 0 Å². The van der Waals surface area contributed by atoms with Crippen molar-refractivity contribution in [2.75, 3.05) is 57.8 Å². The zero-order valence-electron chi connectivity index (χ0n) is 19.8. The third kappa shape index (κ3) is 8.80. The Balaban J connectivity index is 1.39. The molecule has 1 aliphatic rings. The van der Waals surface area contributed by atoms with E-state index in [1.54, 1.807) is 4.90 Å². The Labute approximate surface area is 205 Å². The Morgan fingerprint density at radius 2 is 1.46 bits per heavy atom. The van der Waals surface area contributed by atoms with Crippen LogP contribution < -0.4 is 10.2 Å². The predicted molar refractivity (Wildman–Crippen MR) is 131 cm³/mol. The van der Waals surface area contributed by atoms with Crippen molar-refractivity contribution in [3.8, 4) is 11.8 Å². The maximum Gasteiger partial charge on any atom is 0.227 e. The molecule has 0 atom stereocenters. The van der Waals surface area contributed by atoms with Gasteiger partial charge in [-0.25, -0.2) is 4.39 Å². The van der Waals surface area contributed by atoms with Gasteiger partial charge < -0.3 is 24.4 Å². The minimum absolute atomic E-state index is 0.0825. The van der Waals surface area contributed by atoms with Gasteiger partial charge in [0.15, 0.2) is 0 Å². The van der Waals surface area contributed by atoms with Crippen molar-refractivity contribution >= 4 is 17.5 Å². The molecule has 3 rings (SSSR count). The zero-order chi connectivity index (χ0) is 24.7. The molecular formula is C27H31FN2O5. The highest BCUT2D eigenvalue weighted by Gasteiger charge is 2.21. The molecule has 0 bridgehead atoms. The van der Waals surface area contributed by atoms with Gasteiger partial charge in [0.1, 0.15) is 6.67 Å². The molecule has 8 heteroatoms. The molecule has 0 aromatic heterocycles. The Hall–Kier alpha value is -3.25. The summed E-state index contributed by atoms with van der Waals surface area (Å²) in [4.78, 5) is 27.1. The van der Waals surface area contributed by atoms with E-state index in [1.807, 2.05) is 48.5 Å². The quantitative estimate of drug-likeness (QED) is 0.331. The summed E-state index contributed by atoms with van der Waals surface area (Å²) in [5, 5.41) is 2.77. The number of fused-ring (bicyclic) bond motifs is 2. The molecule has 186 valence electrons. The maximum atomic E-state index is 13.1. The number of rotatable bonds is 14. The van der Waals surface area contributed by atoms with Crippen molar-refractivity contribution in [3.05, 3.63) is 65.2 Å². The van der Waals surface area contributed by atoms with Crippen molar-refractivity contribution in [2.24, 2.45) is 0 Å². The molecule has 1 aliphatic heterocycles. The van der Waals surface area contributed by atoms with Gasteiger partial charge in [0.25, 0.3) is 0 Å². The highest BCUT2D eigenvalue weighted by atomic mass is 19.1. The van der Waals surface area contributed by atoms with Gasteiger partial charge in [0, 0.05) is 30.5 Å². The fourth-order valence-corrected chi connectivity index (χ4v) is 3.51. The fourth-order valence-electron chi connectivity index (χ4n) is 3.51. The van der Waals surface area contributed by atoms with E-state index in [0.717, 1.165) is 22.4 Å². The molecule has 0 aliphatic carbocycles. The number of alkyl halides is 1. The lowest BCUT2D eigenvalue weighted by molar-refractivity contribution is -0.125. The molecule has 2 aromatic rings. The molecule has 0 saturated heterocycles. The third-order valence-electron chi connectivity index (χ3n) is 5.27. The smallest absolute Gasteiger partial charge is 0.227 e. The van der Waals surface area contributed by atoms with Gasteiger partial charge in [0.2, 0.25) is 11.8 Å². The standard InChI is InChI=1S/C27H31FN2O5/c28-13-15-33-17-19-35-20-18-34-16-14-29-26(31)11-12-27(32)30-21-24-7-2-1-5-22(24)9-10-23-6-3-4-8-25(23)30/h1-8H,11-21H2,(H,29,31). The van der Waals surface area contributed by atoms with Gasteiger partial charge in [-0.1, -0.05) is 42.2 Å². The lowest BCUT2D eigenvalue weighted by Gasteiger charge is -2.26. The van der Waals surface area contributed by atoms with E-state index < -0.39 is 6.67 Å². The van der Waals surface area contributed by atoms with Crippen LogP contribution in [0.5, 0.6) is 0 Å². The van der Waals surface area contributed by atoms with Crippen molar-refractivity contribution < 1.29 is 28.2 Å². The average Bonchev–Trinajstić information content (AvgIpc) is 2.87. The average molecular weight is 483 g/mol. The second kappa shape index (κ2) is 14.9. The minimum atomic E-state index is -0.501. The number of amides is 2. The van der Waals surface area contributed by atoms with E-state index in [4.69, 9.17) is 14.2 Å². The van der Waals surface area contributed by atoms with Crippen LogP contribution in [0.2, 0.25) is 0 Å². The second-order valence-electron chi connectivity index (χ2n) is 7.78. The van der Waals surface area contributed by atoms with Crippen LogP contribution in [-0.2, 0) is 30.3 Å². The van der Waals surface area contributed by atoms with E-state index in [9.17, 15) is 14.0 Å². The van der Waals surface area contributed by atoms with Crippen LogP contribution in [-0.4, -0.2) is 64.7 Å². The highest BCUT2D eigenvalue weighted by molar-refractivity contribution is 5.96. The summed E-state index contributed by atoms with van der Waals surface area (Å²) in [6.45, 7) is 2.19. The van der Waals surface area contributed by atoms with Gasteiger partial charge >= 0.3 is 0 Å². The van der Waals surface area contributed by atoms with Crippen LogP contribution in [0.15, 0.2) is 48.5 Å². The van der Waals surface area contributed by atoms with Crippen LogP contribution >= 0.6 is 0 Å². The summed E-state index contributed by atoms with van der Waals surface area (Å²) in [5.41, 5.74) is 3.41. The van der Waals surface area contributed by atoms with Gasteiger partial charge in [0.05, 0.1) is 51.9 Å². The molecule has 0 unspecified atom stereocenters. The normalized spacial score (nSPS) is 12.0. The van der Waals surface area contributed by atoms with Crippen LogP contribution in [0.4, 0.5) is 10.1 Å². The number of hydrogen-bond donors (Lipinski definition) is 1. The number of nitrogens with zero attached hydrogens (tertiary/aromatic N) is 1. The van der Waals surface area contributed by atoms with Gasteiger partial charge in [-0.3, -0.25) is 9.59 Å². The van der Waals surface area contributed by atoms with E-state index in [-0.39, 0.29) is 31.3 Å². The van der Waals surface area contributed by atoms with Gasteiger partial charge in [-0.15, -0.1) is 0 Å². The number of anilines is 1. The number of para-hydroxylation sites is 1. The number of ether oxygens (including phenoxy) is 3. The zero-order valence-corrected chi connectivity index (χ0v) is 19.8. The lowest BCUT2D eigenvalue weighted by atomic mass is 10.0. The first kappa shape index (κ1) is 26.4. The Bertz CT molecular complexity index is 1030. The third-order valence-corrected chi connectivity index (χ3v) is 5.27. The lowest BCUT2D eigenvalue weighted by Crippen LogP contribution is -2.34. The monoisotopic (exact) mass is 482 g/mol. The number of hydrogen-bond acceptors (Lipinski definition) is 5. The minimum Gasteiger partial charge on any atom is -0.377 e. The number of carbonyl (C=O) groups is 2. The summed E-state index contributed by atoms with van der Waals surface area (Å²) < 4.78 is 27.5. The van der Waals surface area contributed by atoms with Crippen LogP contribution in [0.3, 0.4) is 0 Å². The molecule has 0 fully saturated rings. The van der Waals surface area contributed by atoms with E-state index in [2.05, 4.69) is 17.2 Å². The first-order valence-corrected chi connectivity index (χ1v) is 11.7. The highest BCUT2D eigenvalue weighted by Crippen LogP contribution is 2.26. The predicted octanol–water partition coefficient (Wildman–Crippen LogP) is 2.85. The molecule has 0 saturated carbocycles. The largest absolute Gasteiger partial charge is 0.377 e.